The Labute approximate surface area is 104 Å². The third-order valence-electron chi connectivity index (χ3n) is 2.22. The van der Waals surface area contributed by atoms with Crippen molar-refractivity contribution >= 4 is 19.2 Å². The second kappa shape index (κ2) is 10.6. The molecule has 5 heteroatoms. The molecule has 0 aromatic rings. The van der Waals surface area contributed by atoms with E-state index in [1.54, 1.807) is 0 Å². The molecular formula is C11H24ClO3P. The highest BCUT2D eigenvalue weighted by atomic mass is 35.5. The molecule has 0 unspecified atom stereocenters. The van der Waals surface area contributed by atoms with Gasteiger partial charge in [0.05, 0.1) is 13.2 Å². The fourth-order valence-electron chi connectivity index (χ4n) is 1.22. The number of alkyl halides is 1. The van der Waals surface area contributed by atoms with Crippen LogP contribution in [-0.4, -0.2) is 18.8 Å². The van der Waals surface area contributed by atoms with Gasteiger partial charge in [0.2, 0.25) is 0 Å². The maximum atomic E-state index is 11.9. The molecule has 0 fully saturated rings. The fourth-order valence-corrected chi connectivity index (χ4v) is 2.66. The van der Waals surface area contributed by atoms with Crippen molar-refractivity contribution in [1.82, 2.24) is 0 Å². The first-order chi connectivity index (χ1) is 7.68. The average Bonchev–Trinajstić information content (AvgIpc) is 2.31. The van der Waals surface area contributed by atoms with Crippen LogP contribution in [-0.2, 0) is 13.6 Å². The van der Waals surface area contributed by atoms with Gasteiger partial charge in [0.15, 0.2) is 0 Å². The van der Waals surface area contributed by atoms with Crippen LogP contribution in [0.4, 0.5) is 0 Å². The predicted octanol–water partition coefficient (Wildman–Crippen LogP) is 4.79. The van der Waals surface area contributed by atoms with E-state index < -0.39 is 7.60 Å². The summed E-state index contributed by atoms with van der Waals surface area (Å²) in [5.74, 6) is 0. The number of hydrogen-bond acceptors (Lipinski definition) is 3. The Balaban J connectivity index is 3.69. The van der Waals surface area contributed by atoms with Crippen LogP contribution in [0.25, 0.3) is 0 Å². The van der Waals surface area contributed by atoms with Crippen LogP contribution >= 0.6 is 19.2 Å². The zero-order chi connectivity index (χ0) is 12.3. The molecule has 0 saturated carbocycles. The molecule has 0 N–H and O–H groups in total. The zero-order valence-corrected chi connectivity index (χ0v) is 12.1. The summed E-state index contributed by atoms with van der Waals surface area (Å²) in [5.41, 5.74) is -0.0503. The maximum Gasteiger partial charge on any atom is 0.345 e. The lowest BCUT2D eigenvalue weighted by Crippen LogP contribution is -2.00. The van der Waals surface area contributed by atoms with E-state index in [0.29, 0.717) is 13.2 Å². The first-order valence-corrected chi connectivity index (χ1v) is 8.39. The van der Waals surface area contributed by atoms with Gasteiger partial charge in [0.1, 0.15) is 5.62 Å². The SMILES string of the molecule is CCCCCOP(=O)(CCl)OCCCCC. The summed E-state index contributed by atoms with van der Waals surface area (Å²) < 4.78 is 22.5. The van der Waals surface area contributed by atoms with Gasteiger partial charge in [-0.3, -0.25) is 4.57 Å². The predicted molar refractivity (Wildman–Crippen MR) is 69.3 cm³/mol. The van der Waals surface area contributed by atoms with Crippen molar-refractivity contribution in [3.05, 3.63) is 0 Å². The van der Waals surface area contributed by atoms with Gasteiger partial charge in [0, 0.05) is 0 Å². The largest absolute Gasteiger partial charge is 0.345 e. The van der Waals surface area contributed by atoms with Crippen LogP contribution in [0.5, 0.6) is 0 Å². The molecule has 0 bridgehead atoms. The van der Waals surface area contributed by atoms with E-state index >= 15 is 0 Å². The van der Waals surface area contributed by atoms with E-state index in [0.717, 1.165) is 38.5 Å². The summed E-state index contributed by atoms with van der Waals surface area (Å²) in [6.45, 7) is 5.18. The standard InChI is InChI=1S/C11H24ClO3P/c1-3-5-7-9-14-16(13,11-12)15-10-8-6-4-2/h3-11H2,1-2H3. The summed E-state index contributed by atoms with van der Waals surface area (Å²) in [6.07, 6.45) is 6.22. The van der Waals surface area contributed by atoms with Crippen LogP contribution < -0.4 is 0 Å². The third kappa shape index (κ3) is 8.58. The number of hydrogen-bond donors (Lipinski definition) is 0. The molecule has 0 amide bonds. The number of halogens is 1. The van der Waals surface area contributed by atoms with Crippen molar-refractivity contribution in [2.75, 3.05) is 18.8 Å². The Morgan fingerprint density at radius 2 is 1.38 bits per heavy atom. The molecular weight excluding hydrogens is 247 g/mol. The summed E-state index contributed by atoms with van der Waals surface area (Å²) in [6, 6.07) is 0. The molecule has 0 saturated heterocycles. The van der Waals surface area contributed by atoms with E-state index in [2.05, 4.69) is 13.8 Å². The molecule has 0 heterocycles. The highest BCUT2D eigenvalue weighted by molar-refractivity contribution is 7.55. The lowest BCUT2D eigenvalue weighted by atomic mass is 10.3. The molecule has 0 aromatic heterocycles. The average molecular weight is 271 g/mol. The quantitative estimate of drug-likeness (QED) is 0.308. The topological polar surface area (TPSA) is 35.5 Å². The highest BCUT2D eigenvalue weighted by Gasteiger charge is 2.22. The number of rotatable bonds is 11. The summed E-state index contributed by atoms with van der Waals surface area (Å²) in [7, 11) is -3.02. The lowest BCUT2D eigenvalue weighted by Gasteiger charge is -2.15. The second-order valence-corrected chi connectivity index (χ2v) is 6.51. The van der Waals surface area contributed by atoms with Crippen molar-refractivity contribution in [2.24, 2.45) is 0 Å². The Hall–Kier alpha value is 0.440. The van der Waals surface area contributed by atoms with E-state index in [1.807, 2.05) is 0 Å². The molecule has 16 heavy (non-hydrogen) atoms. The van der Waals surface area contributed by atoms with Gasteiger partial charge >= 0.3 is 7.60 Å². The van der Waals surface area contributed by atoms with E-state index in [1.165, 1.54) is 0 Å². The molecule has 3 nitrogen and oxygen atoms in total. The Morgan fingerprint density at radius 3 is 1.69 bits per heavy atom. The van der Waals surface area contributed by atoms with Crippen molar-refractivity contribution in [2.45, 2.75) is 52.4 Å². The fraction of sp³-hybridized carbons (Fsp3) is 1.00. The Bertz CT molecular complexity index is 184. The molecule has 0 aliphatic carbocycles. The van der Waals surface area contributed by atoms with Crippen LogP contribution in [0.3, 0.4) is 0 Å². The van der Waals surface area contributed by atoms with Gasteiger partial charge in [-0.15, -0.1) is 11.6 Å². The Kier molecular flexibility index (Phi) is 10.9. The summed E-state index contributed by atoms with van der Waals surface area (Å²) in [4.78, 5) is 0. The Morgan fingerprint density at radius 1 is 0.938 bits per heavy atom. The maximum absolute atomic E-state index is 11.9. The first kappa shape index (κ1) is 16.4. The van der Waals surface area contributed by atoms with Gasteiger partial charge in [-0.2, -0.15) is 0 Å². The summed E-state index contributed by atoms with van der Waals surface area (Å²) >= 11 is 5.62. The summed E-state index contributed by atoms with van der Waals surface area (Å²) in [5, 5.41) is 0. The van der Waals surface area contributed by atoms with Crippen molar-refractivity contribution in [3.8, 4) is 0 Å². The van der Waals surface area contributed by atoms with Gasteiger partial charge < -0.3 is 9.05 Å². The van der Waals surface area contributed by atoms with Gasteiger partial charge in [-0.05, 0) is 12.8 Å². The van der Waals surface area contributed by atoms with E-state index in [4.69, 9.17) is 20.6 Å². The van der Waals surface area contributed by atoms with Crippen molar-refractivity contribution in [3.63, 3.8) is 0 Å². The number of unbranched alkanes of at least 4 members (excludes halogenated alkanes) is 4. The molecule has 0 aromatic carbocycles. The van der Waals surface area contributed by atoms with Crippen LogP contribution in [0.2, 0.25) is 0 Å². The van der Waals surface area contributed by atoms with Crippen molar-refractivity contribution < 1.29 is 13.6 Å². The second-order valence-electron chi connectivity index (χ2n) is 3.81. The smallest absolute Gasteiger partial charge is 0.308 e. The molecule has 98 valence electrons. The molecule has 0 aliphatic rings. The van der Waals surface area contributed by atoms with Crippen LogP contribution in [0.1, 0.15) is 52.4 Å². The lowest BCUT2D eigenvalue weighted by molar-refractivity contribution is 0.201. The molecule has 0 spiro atoms. The minimum Gasteiger partial charge on any atom is -0.308 e. The molecule has 0 rings (SSSR count). The zero-order valence-electron chi connectivity index (χ0n) is 10.4. The highest BCUT2D eigenvalue weighted by Crippen LogP contribution is 2.49. The minimum absolute atomic E-state index is 0.0503. The van der Waals surface area contributed by atoms with E-state index in [-0.39, 0.29) is 5.62 Å². The minimum atomic E-state index is -3.02. The van der Waals surface area contributed by atoms with Crippen LogP contribution in [0, 0.1) is 0 Å². The van der Waals surface area contributed by atoms with Crippen molar-refractivity contribution in [1.29, 1.82) is 0 Å². The van der Waals surface area contributed by atoms with Gasteiger partial charge in [-0.1, -0.05) is 39.5 Å². The molecule has 0 radical (unpaired) electrons. The first-order valence-electron chi connectivity index (χ1n) is 6.12. The third-order valence-corrected chi connectivity index (χ3v) is 4.54. The van der Waals surface area contributed by atoms with E-state index in [9.17, 15) is 4.57 Å². The molecule has 0 aliphatic heterocycles. The molecule has 0 atom stereocenters. The van der Waals surface area contributed by atoms with Gasteiger partial charge in [-0.25, -0.2) is 0 Å². The monoisotopic (exact) mass is 270 g/mol. The van der Waals surface area contributed by atoms with Crippen LogP contribution in [0.15, 0.2) is 0 Å². The van der Waals surface area contributed by atoms with Gasteiger partial charge in [0.25, 0.3) is 0 Å². The normalized spacial score (nSPS) is 11.9.